The average Bonchev–Trinajstić information content (AvgIpc) is 2.96. The van der Waals surface area contributed by atoms with Crippen LogP contribution in [0.15, 0.2) is 18.2 Å². The maximum Gasteiger partial charge on any atom is 0.389 e. The molecule has 1 atom stereocenters. The van der Waals surface area contributed by atoms with Gasteiger partial charge in [0.2, 0.25) is 6.79 Å². The third-order valence-corrected chi connectivity index (χ3v) is 4.08. The van der Waals surface area contributed by atoms with Gasteiger partial charge in [0.25, 0.3) is 0 Å². The second-order valence-electron chi connectivity index (χ2n) is 5.54. The molecule has 0 saturated carbocycles. The van der Waals surface area contributed by atoms with Gasteiger partial charge in [-0.25, -0.2) is 0 Å². The molecular weight excluding hydrogens is 297 g/mol. The van der Waals surface area contributed by atoms with E-state index >= 15 is 0 Å². The summed E-state index contributed by atoms with van der Waals surface area (Å²) < 4.78 is 48.9. The standard InChI is InChI=1S/C15H19F3N2O2/c16-15(17,18)5-4-12(20-8-6-19-7-9-20)11-2-1-3-13-14(11)22-10-21-13/h1-3,12,19H,4-10H2/t12-/m0/s1. The van der Waals surface area contributed by atoms with Crippen molar-refractivity contribution in [3.8, 4) is 11.5 Å². The van der Waals surface area contributed by atoms with Crippen LogP contribution in [0, 0.1) is 0 Å². The van der Waals surface area contributed by atoms with Crippen molar-refractivity contribution in [1.29, 1.82) is 0 Å². The number of hydrogen-bond acceptors (Lipinski definition) is 4. The Kier molecular flexibility index (Phi) is 4.44. The summed E-state index contributed by atoms with van der Waals surface area (Å²) in [6.45, 7) is 3.16. The third-order valence-electron chi connectivity index (χ3n) is 4.08. The summed E-state index contributed by atoms with van der Waals surface area (Å²) >= 11 is 0. The molecule has 0 radical (unpaired) electrons. The van der Waals surface area contributed by atoms with Gasteiger partial charge >= 0.3 is 6.18 Å². The Morgan fingerprint density at radius 3 is 2.68 bits per heavy atom. The summed E-state index contributed by atoms with van der Waals surface area (Å²) in [4.78, 5) is 2.10. The minimum Gasteiger partial charge on any atom is -0.454 e. The van der Waals surface area contributed by atoms with Crippen LogP contribution in [-0.4, -0.2) is 44.0 Å². The van der Waals surface area contributed by atoms with Gasteiger partial charge in [-0.05, 0) is 12.5 Å². The lowest BCUT2D eigenvalue weighted by Gasteiger charge is -2.35. The number of ether oxygens (including phenoxy) is 2. The smallest absolute Gasteiger partial charge is 0.389 e. The minimum absolute atomic E-state index is 0.0311. The lowest BCUT2D eigenvalue weighted by molar-refractivity contribution is -0.138. The quantitative estimate of drug-likeness (QED) is 0.926. The molecule has 1 fully saturated rings. The Bertz CT molecular complexity index is 516. The predicted molar refractivity (Wildman–Crippen MR) is 75.0 cm³/mol. The molecule has 7 heteroatoms. The topological polar surface area (TPSA) is 33.7 Å². The van der Waals surface area contributed by atoms with Crippen LogP contribution in [0.1, 0.15) is 24.4 Å². The molecule has 1 saturated heterocycles. The van der Waals surface area contributed by atoms with Crippen molar-refractivity contribution in [3.05, 3.63) is 23.8 Å². The Balaban J connectivity index is 1.85. The summed E-state index contributed by atoms with van der Waals surface area (Å²) in [5, 5.41) is 3.23. The number of hydrogen-bond donors (Lipinski definition) is 1. The lowest BCUT2D eigenvalue weighted by atomic mass is 9.98. The molecule has 2 aliphatic heterocycles. The molecule has 122 valence electrons. The highest BCUT2D eigenvalue weighted by Crippen LogP contribution is 2.42. The summed E-state index contributed by atoms with van der Waals surface area (Å²) in [6, 6.07) is 5.13. The van der Waals surface area contributed by atoms with E-state index in [1.54, 1.807) is 6.07 Å². The van der Waals surface area contributed by atoms with Crippen LogP contribution < -0.4 is 14.8 Å². The van der Waals surface area contributed by atoms with Crippen molar-refractivity contribution < 1.29 is 22.6 Å². The zero-order valence-electron chi connectivity index (χ0n) is 12.2. The molecule has 0 unspecified atom stereocenters. The molecule has 2 aliphatic rings. The minimum atomic E-state index is -4.15. The number of benzene rings is 1. The van der Waals surface area contributed by atoms with E-state index in [2.05, 4.69) is 10.2 Å². The zero-order valence-corrected chi connectivity index (χ0v) is 12.2. The first-order valence-electron chi connectivity index (χ1n) is 7.44. The molecule has 4 nitrogen and oxygen atoms in total. The molecular formula is C15H19F3N2O2. The zero-order chi connectivity index (χ0) is 15.6. The van der Waals surface area contributed by atoms with Crippen LogP contribution in [0.5, 0.6) is 11.5 Å². The summed E-state index contributed by atoms with van der Waals surface area (Å²) in [7, 11) is 0. The van der Waals surface area contributed by atoms with Crippen LogP contribution >= 0.6 is 0 Å². The molecule has 1 aromatic rings. The third kappa shape index (κ3) is 3.47. The van der Waals surface area contributed by atoms with Gasteiger partial charge in [0.15, 0.2) is 11.5 Å². The van der Waals surface area contributed by atoms with Gasteiger partial charge in [-0.15, -0.1) is 0 Å². The second-order valence-corrected chi connectivity index (χ2v) is 5.54. The van der Waals surface area contributed by atoms with Crippen LogP contribution in [0.25, 0.3) is 0 Å². The molecule has 2 heterocycles. The summed E-state index contributed by atoms with van der Waals surface area (Å²) in [5.74, 6) is 1.21. The number of piperazine rings is 1. The lowest BCUT2D eigenvalue weighted by Crippen LogP contribution is -2.45. The molecule has 0 spiro atoms. The molecule has 3 rings (SSSR count). The molecule has 0 aromatic heterocycles. The number of halogens is 3. The number of nitrogens with zero attached hydrogens (tertiary/aromatic N) is 1. The van der Waals surface area contributed by atoms with Crippen molar-refractivity contribution >= 4 is 0 Å². The fourth-order valence-electron chi connectivity index (χ4n) is 3.04. The Labute approximate surface area is 127 Å². The monoisotopic (exact) mass is 316 g/mol. The molecule has 1 N–H and O–H groups in total. The highest BCUT2D eigenvalue weighted by molar-refractivity contribution is 5.49. The van der Waals surface area contributed by atoms with E-state index in [1.165, 1.54) is 0 Å². The van der Waals surface area contributed by atoms with Crippen molar-refractivity contribution in [3.63, 3.8) is 0 Å². The average molecular weight is 316 g/mol. The van der Waals surface area contributed by atoms with Crippen LogP contribution in [-0.2, 0) is 0 Å². The molecule has 0 amide bonds. The largest absolute Gasteiger partial charge is 0.454 e. The second kappa shape index (κ2) is 6.34. The molecule has 22 heavy (non-hydrogen) atoms. The van der Waals surface area contributed by atoms with Gasteiger partial charge in [0.1, 0.15) is 0 Å². The van der Waals surface area contributed by atoms with Crippen molar-refractivity contribution in [1.82, 2.24) is 10.2 Å². The van der Waals surface area contributed by atoms with Crippen LogP contribution in [0.2, 0.25) is 0 Å². The fraction of sp³-hybridized carbons (Fsp3) is 0.600. The molecule has 0 aliphatic carbocycles. The first-order chi connectivity index (χ1) is 10.5. The van der Waals surface area contributed by atoms with Crippen molar-refractivity contribution in [2.75, 3.05) is 33.0 Å². The number of alkyl halides is 3. The van der Waals surface area contributed by atoms with E-state index in [0.29, 0.717) is 11.5 Å². The van der Waals surface area contributed by atoms with E-state index < -0.39 is 12.6 Å². The predicted octanol–water partition coefficient (Wildman–Crippen LogP) is 2.70. The Morgan fingerprint density at radius 2 is 1.95 bits per heavy atom. The van der Waals surface area contributed by atoms with Crippen molar-refractivity contribution in [2.45, 2.75) is 25.1 Å². The van der Waals surface area contributed by atoms with Gasteiger partial charge < -0.3 is 14.8 Å². The van der Waals surface area contributed by atoms with E-state index in [1.807, 2.05) is 12.1 Å². The highest BCUT2D eigenvalue weighted by Gasteiger charge is 2.33. The van der Waals surface area contributed by atoms with E-state index in [4.69, 9.17) is 9.47 Å². The number of nitrogens with one attached hydrogen (secondary N) is 1. The summed E-state index contributed by atoms with van der Waals surface area (Å²) in [6.07, 6.45) is -4.92. The number of fused-ring (bicyclic) bond motifs is 1. The van der Waals surface area contributed by atoms with E-state index in [0.717, 1.165) is 31.7 Å². The normalized spacial score (nSPS) is 20.1. The first kappa shape index (κ1) is 15.4. The Morgan fingerprint density at radius 1 is 1.18 bits per heavy atom. The first-order valence-corrected chi connectivity index (χ1v) is 7.44. The van der Waals surface area contributed by atoms with Crippen molar-refractivity contribution in [2.24, 2.45) is 0 Å². The van der Waals surface area contributed by atoms with E-state index in [9.17, 15) is 13.2 Å². The van der Waals surface area contributed by atoms with Gasteiger partial charge in [-0.3, -0.25) is 4.90 Å². The van der Waals surface area contributed by atoms with Gasteiger partial charge in [0.05, 0.1) is 0 Å². The fourth-order valence-corrected chi connectivity index (χ4v) is 3.04. The van der Waals surface area contributed by atoms with Gasteiger partial charge in [-0.2, -0.15) is 13.2 Å². The number of para-hydroxylation sites is 1. The van der Waals surface area contributed by atoms with Crippen LogP contribution in [0.4, 0.5) is 13.2 Å². The van der Waals surface area contributed by atoms with Crippen LogP contribution in [0.3, 0.4) is 0 Å². The molecule has 1 aromatic carbocycles. The SMILES string of the molecule is FC(F)(F)CC[C@@H](c1cccc2c1OCO2)N1CCNCC1. The maximum absolute atomic E-state index is 12.7. The van der Waals surface area contributed by atoms with Gasteiger partial charge in [-0.1, -0.05) is 12.1 Å². The van der Waals surface area contributed by atoms with E-state index in [-0.39, 0.29) is 19.3 Å². The Hall–Kier alpha value is -1.47. The molecule has 0 bridgehead atoms. The summed E-state index contributed by atoms with van der Waals surface area (Å²) in [5.41, 5.74) is 0.793. The maximum atomic E-state index is 12.7. The number of rotatable bonds is 4. The van der Waals surface area contributed by atoms with Gasteiger partial charge in [0, 0.05) is 44.2 Å². The highest BCUT2D eigenvalue weighted by atomic mass is 19.4.